The second-order valence-electron chi connectivity index (χ2n) is 4.40. The SMILES string of the molecule is CCCOCCCn1nnnc1-c1cccc(N)c1Br. The van der Waals surface area contributed by atoms with Crippen LogP contribution in [0.15, 0.2) is 22.7 Å². The summed E-state index contributed by atoms with van der Waals surface area (Å²) in [6.45, 7) is 4.32. The quantitative estimate of drug-likeness (QED) is 0.619. The minimum absolute atomic E-state index is 0.670. The van der Waals surface area contributed by atoms with Crippen molar-refractivity contribution in [3.63, 3.8) is 0 Å². The van der Waals surface area contributed by atoms with Crippen LogP contribution < -0.4 is 5.73 Å². The van der Waals surface area contributed by atoms with E-state index in [4.69, 9.17) is 10.5 Å². The van der Waals surface area contributed by atoms with Crippen molar-refractivity contribution in [2.45, 2.75) is 26.3 Å². The molecule has 0 unspecified atom stereocenters. The molecule has 20 heavy (non-hydrogen) atoms. The van der Waals surface area contributed by atoms with Gasteiger partial charge in [-0.25, -0.2) is 4.68 Å². The second kappa shape index (κ2) is 7.35. The number of ether oxygens (including phenoxy) is 1. The van der Waals surface area contributed by atoms with Crippen molar-refractivity contribution in [1.29, 1.82) is 0 Å². The molecule has 0 atom stereocenters. The zero-order chi connectivity index (χ0) is 14.4. The van der Waals surface area contributed by atoms with E-state index >= 15 is 0 Å². The summed E-state index contributed by atoms with van der Waals surface area (Å²) in [5.74, 6) is 0.708. The summed E-state index contributed by atoms with van der Waals surface area (Å²) in [7, 11) is 0. The molecular formula is C13H18BrN5O. The number of hydrogen-bond acceptors (Lipinski definition) is 5. The molecule has 6 nitrogen and oxygen atoms in total. The van der Waals surface area contributed by atoms with Gasteiger partial charge in [0.2, 0.25) is 0 Å². The van der Waals surface area contributed by atoms with Gasteiger partial charge in [-0.15, -0.1) is 5.10 Å². The molecule has 0 saturated heterocycles. The highest BCUT2D eigenvalue weighted by Gasteiger charge is 2.13. The normalized spacial score (nSPS) is 10.9. The van der Waals surface area contributed by atoms with Crippen molar-refractivity contribution >= 4 is 21.6 Å². The summed E-state index contributed by atoms with van der Waals surface area (Å²) in [6.07, 6.45) is 1.91. The third-order valence-electron chi connectivity index (χ3n) is 2.81. The Morgan fingerprint density at radius 1 is 1.35 bits per heavy atom. The predicted octanol–water partition coefficient (Wildman–Crippen LogP) is 2.50. The topological polar surface area (TPSA) is 78.8 Å². The van der Waals surface area contributed by atoms with E-state index < -0.39 is 0 Å². The number of hydrogen-bond donors (Lipinski definition) is 1. The van der Waals surface area contributed by atoms with Crippen LogP contribution in [0.5, 0.6) is 0 Å². The van der Waals surface area contributed by atoms with Crippen molar-refractivity contribution in [1.82, 2.24) is 20.2 Å². The summed E-state index contributed by atoms with van der Waals surface area (Å²) in [4.78, 5) is 0. The van der Waals surface area contributed by atoms with Crippen LogP contribution in [0.1, 0.15) is 19.8 Å². The van der Waals surface area contributed by atoms with Gasteiger partial charge in [-0.05, 0) is 51.3 Å². The first-order valence-electron chi connectivity index (χ1n) is 6.62. The number of nitrogens with zero attached hydrogens (tertiary/aromatic N) is 4. The van der Waals surface area contributed by atoms with Crippen molar-refractivity contribution in [3.05, 3.63) is 22.7 Å². The fourth-order valence-corrected chi connectivity index (χ4v) is 2.28. The lowest BCUT2D eigenvalue weighted by Gasteiger charge is -2.08. The van der Waals surface area contributed by atoms with Crippen LogP contribution in [0.3, 0.4) is 0 Å². The molecule has 0 spiro atoms. The number of nitrogens with two attached hydrogens (primary N) is 1. The Labute approximate surface area is 126 Å². The largest absolute Gasteiger partial charge is 0.398 e. The second-order valence-corrected chi connectivity index (χ2v) is 5.19. The summed E-state index contributed by atoms with van der Waals surface area (Å²) in [5.41, 5.74) is 7.45. The lowest BCUT2D eigenvalue weighted by Crippen LogP contribution is -2.07. The zero-order valence-corrected chi connectivity index (χ0v) is 13.0. The minimum Gasteiger partial charge on any atom is -0.398 e. The standard InChI is InChI=1S/C13H18BrN5O/c1-2-8-20-9-4-7-19-13(16-17-18-19)10-5-3-6-11(15)12(10)14/h3,5-6H,2,4,7-9,15H2,1H3. The van der Waals surface area contributed by atoms with Gasteiger partial charge in [0.1, 0.15) is 0 Å². The molecule has 2 rings (SSSR count). The monoisotopic (exact) mass is 339 g/mol. The fourth-order valence-electron chi connectivity index (χ4n) is 1.83. The Balaban J connectivity index is 2.06. The third-order valence-corrected chi connectivity index (χ3v) is 3.69. The van der Waals surface area contributed by atoms with E-state index in [0.717, 1.165) is 29.5 Å². The Morgan fingerprint density at radius 3 is 3.00 bits per heavy atom. The molecule has 0 radical (unpaired) electrons. The third kappa shape index (κ3) is 3.55. The highest BCUT2D eigenvalue weighted by Crippen LogP contribution is 2.30. The van der Waals surface area contributed by atoms with Gasteiger partial charge in [-0.2, -0.15) is 0 Å². The first-order valence-corrected chi connectivity index (χ1v) is 7.41. The number of anilines is 1. The van der Waals surface area contributed by atoms with E-state index in [-0.39, 0.29) is 0 Å². The highest BCUT2D eigenvalue weighted by molar-refractivity contribution is 9.10. The van der Waals surface area contributed by atoms with Gasteiger partial charge < -0.3 is 10.5 Å². The summed E-state index contributed by atoms with van der Waals surface area (Å²) in [6, 6.07) is 5.66. The Hall–Kier alpha value is -1.47. The summed E-state index contributed by atoms with van der Waals surface area (Å²) in [5, 5.41) is 11.8. The van der Waals surface area contributed by atoms with Crippen LogP contribution in [-0.4, -0.2) is 33.4 Å². The molecule has 0 saturated carbocycles. The molecule has 0 aliphatic rings. The Kier molecular flexibility index (Phi) is 5.49. The molecule has 0 aliphatic carbocycles. The molecule has 1 heterocycles. The maximum absolute atomic E-state index is 5.89. The van der Waals surface area contributed by atoms with E-state index in [1.165, 1.54) is 0 Å². The van der Waals surface area contributed by atoms with Gasteiger partial charge in [0.15, 0.2) is 5.82 Å². The zero-order valence-electron chi connectivity index (χ0n) is 11.4. The van der Waals surface area contributed by atoms with E-state index in [1.54, 1.807) is 4.68 Å². The number of tetrazole rings is 1. The van der Waals surface area contributed by atoms with Crippen LogP contribution in [0.4, 0.5) is 5.69 Å². The van der Waals surface area contributed by atoms with Gasteiger partial charge >= 0.3 is 0 Å². The highest BCUT2D eigenvalue weighted by atomic mass is 79.9. The molecule has 0 aliphatic heterocycles. The number of nitrogen functional groups attached to an aromatic ring is 1. The van der Waals surface area contributed by atoms with Gasteiger partial charge in [0, 0.05) is 31.0 Å². The van der Waals surface area contributed by atoms with Crippen molar-refractivity contribution in [3.8, 4) is 11.4 Å². The molecule has 0 amide bonds. The number of aromatic nitrogens is 4. The smallest absolute Gasteiger partial charge is 0.183 e. The van der Waals surface area contributed by atoms with E-state index in [9.17, 15) is 0 Å². The molecular weight excluding hydrogens is 322 g/mol. The lowest BCUT2D eigenvalue weighted by atomic mass is 10.2. The van der Waals surface area contributed by atoms with Crippen LogP contribution in [0.25, 0.3) is 11.4 Å². The number of rotatable bonds is 7. The van der Waals surface area contributed by atoms with Crippen LogP contribution in [0.2, 0.25) is 0 Å². The lowest BCUT2D eigenvalue weighted by molar-refractivity contribution is 0.128. The van der Waals surface area contributed by atoms with E-state index in [0.29, 0.717) is 24.7 Å². The molecule has 0 bridgehead atoms. The van der Waals surface area contributed by atoms with E-state index in [1.807, 2.05) is 18.2 Å². The van der Waals surface area contributed by atoms with Crippen molar-refractivity contribution < 1.29 is 4.74 Å². The maximum atomic E-state index is 5.89. The molecule has 0 fully saturated rings. The maximum Gasteiger partial charge on any atom is 0.183 e. The molecule has 1 aromatic carbocycles. The first-order chi connectivity index (χ1) is 9.74. The van der Waals surface area contributed by atoms with E-state index in [2.05, 4.69) is 38.4 Å². The van der Waals surface area contributed by atoms with Gasteiger partial charge in [0.05, 0.1) is 4.47 Å². The first kappa shape index (κ1) is 14.9. The van der Waals surface area contributed by atoms with Crippen molar-refractivity contribution in [2.75, 3.05) is 18.9 Å². The Morgan fingerprint density at radius 2 is 2.20 bits per heavy atom. The average Bonchev–Trinajstić information content (AvgIpc) is 2.90. The predicted molar refractivity (Wildman–Crippen MR) is 81.1 cm³/mol. The van der Waals surface area contributed by atoms with Crippen LogP contribution in [0, 0.1) is 0 Å². The van der Waals surface area contributed by atoms with Crippen molar-refractivity contribution in [2.24, 2.45) is 0 Å². The van der Waals surface area contributed by atoms with Crippen LogP contribution >= 0.6 is 15.9 Å². The number of halogens is 1. The summed E-state index contributed by atoms with van der Waals surface area (Å²) >= 11 is 3.48. The Bertz CT molecular complexity index is 557. The van der Waals surface area contributed by atoms with Gasteiger partial charge in [-0.1, -0.05) is 13.0 Å². The van der Waals surface area contributed by atoms with Gasteiger partial charge in [0.25, 0.3) is 0 Å². The minimum atomic E-state index is 0.670. The number of benzene rings is 1. The molecule has 2 aromatic rings. The molecule has 1 aromatic heterocycles. The number of aryl methyl sites for hydroxylation is 1. The summed E-state index contributed by atoms with van der Waals surface area (Å²) < 4.78 is 8.05. The molecule has 7 heteroatoms. The van der Waals surface area contributed by atoms with Crippen LogP contribution in [-0.2, 0) is 11.3 Å². The average molecular weight is 340 g/mol. The molecule has 108 valence electrons. The van der Waals surface area contributed by atoms with Gasteiger partial charge in [-0.3, -0.25) is 0 Å². The molecule has 2 N–H and O–H groups in total. The fraction of sp³-hybridized carbons (Fsp3) is 0.462.